The van der Waals surface area contributed by atoms with Crippen LogP contribution in [0.2, 0.25) is 0 Å². The smallest absolute Gasteiger partial charge is 0.251 e. The van der Waals surface area contributed by atoms with Crippen molar-refractivity contribution in [2.45, 2.75) is 0 Å². The lowest BCUT2D eigenvalue weighted by atomic mass is 10.1. The number of aliphatic hydroxyl groups is 1. The van der Waals surface area contributed by atoms with E-state index in [9.17, 15) is 9.90 Å². The summed E-state index contributed by atoms with van der Waals surface area (Å²) >= 11 is 0. The van der Waals surface area contributed by atoms with E-state index in [1.807, 2.05) is 0 Å². The molecule has 1 amide bonds. The number of hydrogen-bond donors (Lipinski definition) is 3. The molecule has 0 fully saturated rings. The molecule has 4 nitrogen and oxygen atoms in total. The van der Waals surface area contributed by atoms with Gasteiger partial charge in [0.2, 0.25) is 0 Å². The molecule has 0 heterocycles. The number of likely N-dealkylation sites (N-methyl/N-ethyl adjacent to an activating group) is 1. The minimum absolute atomic E-state index is 0.00333. The molecular formula is C9H12N2O2. The van der Waals surface area contributed by atoms with Gasteiger partial charge in [-0.25, -0.2) is 0 Å². The summed E-state index contributed by atoms with van der Waals surface area (Å²) in [7, 11) is 3.14. The van der Waals surface area contributed by atoms with Crippen molar-refractivity contribution in [2.24, 2.45) is 0 Å². The van der Waals surface area contributed by atoms with E-state index in [2.05, 4.69) is 10.6 Å². The number of aliphatic hydroxyl groups excluding tert-OH is 1. The van der Waals surface area contributed by atoms with Crippen LogP contribution in [0, 0.1) is 0 Å². The van der Waals surface area contributed by atoms with Crippen LogP contribution in [0.3, 0.4) is 0 Å². The van der Waals surface area contributed by atoms with Crippen molar-refractivity contribution in [3.05, 3.63) is 35.3 Å². The average molecular weight is 180 g/mol. The summed E-state index contributed by atoms with van der Waals surface area (Å²) in [5, 5.41) is 14.4. The van der Waals surface area contributed by atoms with Gasteiger partial charge in [-0.05, 0) is 12.2 Å². The molecule has 0 saturated carbocycles. The van der Waals surface area contributed by atoms with Gasteiger partial charge in [-0.3, -0.25) is 4.79 Å². The molecule has 0 atom stereocenters. The van der Waals surface area contributed by atoms with Crippen molar-refractivity contribution in [1.82, 2.24) is 10.6 Å². The molecule has 0 aliphatic heterocycles. The van der Waals surface area contributed by atoms with Gasteiger partial charge in [0.25, 0.3) is 5.91 Å². The Labute approximate surface area is 76.6 Å². The normalized spacial score (nSPS) is 18.2. The quantitative estimate of drug-likeness (QED) is 0.533. The van der Waals surface area contributed by atoms with Crippen LogP contribution < -0.4 is 10.6 Å². The summed E-state index contributed by atoms with van der Waals surface area (Å²) in [5.41, 5.74) is 0.983. The number of allylic oxidation sites excluding steroid dienone is 3. The summed E-state index contributed by atoms with van der Waals surface area (Å²) in [5.74, 6) is -0.203. The molecule has 0 aromatic rings. The Morgan fingerprint density at radius 1 is 1.38 bits per heavy atom. The Bertz CT molecular complexity index is 314. The second-order valence-electron chi connectivity index (χ2n) is 2.53. The number of amides is 1. The fourth-order valence-electron chi connectivity index (χ4n) is 1.09. The zero-order valence-corrected chi connectivity index (χ0v) is 7.59. The number of carbonyl (C=O) groups is 1. The van der Waals surface area contributed by atoms with E-state index >= 15 is 0 Å². The third kappa shape index (κ3) is 1.72. The summed E-state index contributed by atoms with van der Waals surface area (Å²) < 4.78 is 0. The van der Waals surface area contributed by atoms with Crippen LogP contribution in [-0.4, -0.2) is 25.1 Å². The Hall–Kier alpha value is -1.71. The maximum absolute atomic E-state index is 11.3. The lowest BCUT2D eigenvalue weighted by Gasteiger charge is -2.06. The zero-order valence-electron chi connectivity index (χ0n) is 7.59. The number of carbonyl (C=O) groups excluding carboxylic acids is 1. The minimum atomic E-state index is -0.207. The van der Waals surface area contributed by atoms with E-state index < -0.39 is 0 Å². The molecule has 0 bridgehead atoms. The lowest BCUT2D eigenvalue weighted by Crippen LogP contribution is -2.21. The van der Waals surface area contributed by atoms with Crippen LogP contribution in [0.1, 0.15) is 0 Å². The van der Waals surface area contributed by atoms with Crippen LogP contribution in [-0.2, 0) is 4.79 Å². The van der Waals surface area contributed by atoms with Gasteiger partial charge in [0.05, 0.1) is 5.57 Å². The van der Waals surface area contributed by atoms with E-state index in [1.54, 1.807) is 32.3 Å². The second-order valence-corrected chi connectivity index (χ2v) is 2.53. The van der Waals surface area contributed by atoms with E-state index in [-0.39, 0.29) is 11.8 Å². The molecular weight excluding hydrogens is 168 g/mol. The summed E-state index contributed by atoms with van der Waals surface area (Å²) in [6.07, 6.45) is 5.05. The van der Waals surface area contributed by atoms with Gasteiger partial charge in [0.1, 0.15) is 0 Å². The van der Waals surface area contributed by atoms with Gasteiger partial charge in [0, 0.05) is 19.7 Å². The van der Waals surface area contributed by atoms with E-state index in [0.29, 0.717) is 11.1 Å². The Kier molecular flexibility index (Phi) is 2.74. The van der Waals surface area contributed by atoms with Gasteiger partial charge in [0.15, 0.2) is 5.88 Å². The van der Waals surface area contributed by atoms with Crippen LogP contribution in [0.5, 0.6) is 0 Å². The molecule has 70 valence electrons. The first-order valence-corrected chi connectivity index (χ1v) is 3.92. The van der Waals surface area contributed by atoms with Gasteiger partial charge in [-0.2, -0.15) is 0 Å². The van der Waals surface area contributed by atoms with Crippen LogP contribution in [0.4, 0.5) is 0 Å². The molecule has 3 N–H and O–H groups in total. The predicted octanol–water partition coefficient (Wildman–Crippen LogP) is 0.218. The summed E-state index contributed by atoms with van der Waals surface area (Å²) in [4.78, 5) is 11.3. The summed E-state index contributed by atoms with van der Waals surface area (Å²) in [6.45, 7) is 0. The van der Waals surface area contributed by atoms with Gasteiger partial charge in [-0.1, -0.05) is 6.08 Å². The monoisotopic (exact) mass is 180 g/mol. The highest BCUT2D eigenvalue weighted by atomic mass is 16.3. The highest BCUT2D eigenvalue weighted by molar-refractivity contribution is 5.99. The molecule has 0 spiro atoms. The maximum Gasteiger partial charge on any atom is 0.251 e. The van der Waals surface area contributed by atoms with Crippen molar-refractivity contribution >= 4 is 5.91 Å². The third-order valence-corrected chi connectivity index (χ3v) is 1.78. The first kappa shape index (κ1) is 9.38. The highest BCUT2D eigenvalue weighted by Gasteiger charge is 2.17. The fourth-order valence-corrected chi connectivity index (χ4v) is 1.09. The molecule has 4 heteroatoms. The first-order chi connectivity index (χ1) is 6.20. The van der Waals surface area contributed by atoms with Crippen molar-refractivity contribution in [3.63, 3.8) is 0 Å². The number of nitrogens with one attached hydrogen (secondary N) is 2. The van der Waals surface area contributed by atoms with E-state index in [4.69, 9.17) is 0 Å². The largest absolute Gasteiger partial charge is 0.494 e. The molecule has 13 heavy (non-hydrogen) atoms. The maximum atomic E-state index is 11.3. The van der Waals surface area contributed by atoms with Crippen molar-refractivity contribution in [1.29, 1.82) is 0 Å². The second kappa shape index (κ2) is 3.80. The van der Waals surface area contributed by atoms with Crippen molar-refractivity contribution < 1.29 is 9.90 Å². The van der Waals surface area contributed by atoms with Gasteiger partial charge < -0.3 is 15.7 Å². The van der Waals surface area contributed by atoms with Crippen molar-refractivity contribution in [2.75, 3.05) is 14.1 Å². The molecule has 0 aromatic heterocycles. The Balaban J connectivity index is 2.97. The van der Waals surface area contributed by atoms with Gasteiger partial charge >= 0.3 is 0 Å². The van der Waals surface area contributed by atoms with Crippen LogP contribution in [0.25, 0.3) is 0 Å². The Morgan fingerprint density at radius 3 is 2.62 bits per heavy atom. The lowest BCUT2D eigenvalue weighted by molar-refractivity contribution is -0.116. The van der Waals surface area contributed by atoms with Gasteiger partial charge in [-0.15, -0.1) is 0 Å². The molecule has 0 unspecified atom stereocenters. The van der Waals surface area contributed by atoms with Crippen LogP contribution >= 0.6 is 0 Å². The Morgan fingerprint density at radius 2 is 2.08 bits per heavy atom. The standard InChI is InChI=1S/C9H12N2O2/c1-10-8(12)6-4-3-5-7(6)9(13)11-2/h3-5,10,12H,1-2H3,(H,11,13). The molecule has 0 saturated heterocycles. The average Bonchev–Trinajstić information content (AvgIpc) is 2.63. The minimum Gasteiger partial charge on any atom is -0.494 e. The van der Waals surface area contributed by atoms with E-state index in [1.165, 1.54) is 0 Å². The molecule has 1 aliphatic rings. The third-order valence-electron chi connectivity index (χ3n) is 1.78. The molecule has 0 aromatic carbocycles. The number of hydrogen-bond acceptors (Lipinski definition) is 3. The number of rotatable bonds is 2. The SMILES string of the molecule is CNC(=O)C1=CC=CC1=C(O)NC. The highest BCUT2D eigenvalue weighted by Crippen LogP contribution is 2.19. The zero-order chi connectivity index (χ0) is 9.84. The fraction of sp³-hybridized carbons (Fsp3) is 0.222. The molecule has 1 aliphatic carbocycles. The predicted molar refractivity (Wildman–Crippen MR) is 50.0 cm³/mol. The van der Waals surface area contributed by atoms with Crippen molar-refractivity contribution in [3.8, 4) is 0 Å². The van der Waals surface area contributed by atoms with Crippen LogP contribution in [0.15, 0.2) is 35.3 Å². The summed E-state index contributed by atoms with van der Waals surface area (Å²) in [6, 6.07) is 0. The van der Waals surface area contributed by atoms with E-state index in [0.717, 1.165) is 0 Å². The molecule has 0 radical (unpaired) electrons. The topological polar surface area (TPSA) is 61.4 Å². The molecule has 1 rings (SSSR count). The first-order valence-electron chi connectivity index (χ1n) is 3.92.